The molecule has 0 atom stereocenters. The van der Waals surface area contributed by atoms with Crippen LogP contribution in [0.2, 0.25) is 10.0 Å². The molecule has 0 bridgehead atoms. The van der Waals surface area contributed by atoms with Crippen LogP contribution in [0.15, 0.2) is 18.2 Å². The molecule has 1 heterocycles. The van der Waals surface area contributed by atoms with E-state index >= 15 is 0 Å². The monoisotopic (exact) mass is 287 g/mol. The number of likely N-dealkylation sites (tertiary alicyclic amines) is 1. The summed E-state index contributed by atoms with van der Waals surface area (Å²) in [6.45, 7) is 3.45. The zero-order chi connectivity index (χ0) is 13.0. The van der Waals surface area contributed by atoms with E-state index in [0.29, 0.717) is 22.6 Å². The summed E-state index contributed by atoms with van der Waals surface area (Å²) in [5, 5.41) is 10.2. The van der Waals surface area contributed by atoms with Crippen molar-refractivity contribution in [3.05, 3.63) is 33.8 Å². The van der Waals surface area contributed by atoms with Crippen LogP contribution in [-0.4, -0.2) is 29.7 Å². The quantitative estimate of drug-likeness (QED) is 0.915. The van der Waals surface area contributed by atoms with Gasteiger partial charge in [0.2, 0.25) is 0 Å². The number of aliphatic hydroxyl groups excluding tert-OH is 1. The van der Waals surface area contributed by atoms with E-state index in [1.165, 1.54) is 18.4 Å². The highest BCUT2D eigenvalue weighted by Crippen LogP contribution is 2.25. The summed E-state index contributed by atoms with van der Waals surface area (Å²) in [4.78, 5) is 2.44. The summed E-state index contributed by atoms with van der Waals surface area (Å²) in [6.07, 6.45) is 3.31. The first-order chi connectivity index (χ1) is 8.69. The molecule has 1 aliphatic rings. The average Bonchev–Trinajstić information content (AvgIpc) is 2.37. The Morgan fingerprint density at radius 1 is 1.17 bits per heavy atom. The molecule has 1 saturated heterocycles. The number of benzene rings is 1. The fourth-order valence-corrected chi connectivity index (χ4v) is 2.83. The molecule has 0 amide bonds. The summed E-state index contributed by atoms with van der Waals surface area (Å²) < 4.78 is 0. The first-order valence-corrected chi connectivity index (χ1v) is 7.22. The molecule has 0 unspecified atom stereocenters. The molecule has 18 heavy (non-hydrogen) atoms. The van der Waals surface area contributed by atoms with Crippen LogP contribution in [0.5, 0.6) is 0 Å². The number of aliphatic hydroxyl groups is 1. The SMILES string of the molecule is OCCC1CCN(Cc2ccc(Cl)c(Cl)c2)CC1. The van der Waals surface area contributed by atoms with Gasteiger partial charge in [0, 0.05) is 13.2 Å². The van der Waals surface area contributed by atoms with Crippen LogP contribution in [0.3, 0.4) is 0 Å². The molecule has 1 aromatic carbocycles. The topological polar surface area (TPSA) is 23.5 Å². The van der Waals surface area contributed by atoms with E-state index in [2.05, 4.69) is 4.90 Å². The molecule has 0 saturated carbocycles. The summed E-state index contributed by atoms with van der Waals surface area (Å²) in [5.41, 5.74) is 1.21. The van der Waals surface area contributed by atoms with Crippen molar-refractivity contribution >= 4 is 23.2 Å². The Morgan fingerprint density at radius 3 is 2.50 bits per heavy atom. The number of hydrogen-bond donors (Lipinski definition) is 1. The molecular formula is C14H19Cl2NO. The molecule has 4 heteroatoms. The van der Waals surface area contributed by atoms with Crippen molar-refractivity contribution in [2.75, 3.05) is 19.7 Å². The zero-order valence-electron chi connectivity index (χ0n) is 10.4. The molecule has 0 radical (unpaired) electrons. The third kappa shape index (κ3) is 3.86. The number of halogens is 2. The predicted octanol–water partition coefficient (Wildman–Crippen LogP) is 3.59. The lowest BCUT2D eigenvalue weighted by atomic mass is 9.94. The van der Waals surface area contributed by atoms with Gasteiger partial charge < -0.3 is 5.11 Å². The standard InChI is InChI=1S/C14H19Cl2NO/c15-13-2-1-12(9-14(13)16)10-17-6-3-11(4-7-17)5-8-18/h1-2,9,11,18H,3-8,10H2. The van der Waals surface area contributed by atoms with E-state index in [0.717, 1.165) is 26.1 Å². The van der Waals surface area contributed by atoms with Gasteiger partial charge in [-0.3, -0.25) is 4.90 Å². The van der Waals surface area contributed by atoms with E-state index in [1.807, 2.05) is 18.2 Å². The van der Waals surface area contributed by atoms with Crippen molar-refractivity contribution in [1.82, 2.24) is 4.90 Å². The molecule has 1 fully saturated rings. The van der Waals surface area contributed by atoms with Gasteiger partial charge in [0.1, 0.15) is 0 Å². The van der Waals surface area contributed by atoms with Gasteiger partial charge in [0.05, 0.1) is 10.0 Å². The maximum absolute atomic E-state index is 8.94. The Morgan fingerprint density at radius 2 is 1.89 bits per heavy atom. The van der Waals surface area contributed by atoms with Gasteiger partial charge in [-0.05, 0) is 56.0 Å². The van der Waals surface area contributed by atoms with Gasteiger partial charge in [-0.25, -0.2) is 0 Å². The first kappa shape index (κ1) is 14.1. The van der Waals surface area contributed by atoms with Gasteiger partial charge in [-0.2, -0.15) is 0 Å². The lowest BCUT2D eigenvalue weighted by Crippen LogP contribution is -2.33. The third-order valence-electron chi connectivity index (χ3n) is 3.63. The highest BCUT2D eigenvalue weighted by atomic mass is 35.5. The van der Waals surface area contributed by atoms with Crippen molar-refractivity contribution in [2.24, 2.45) is 5.92 Å². The molecule has 0 spiro atoms. The van der Waals surface area contributed by atoms with E-state index in [-0.39, 0.29) is 0 Å². The van der Waals surface area contributed by atoms with E-state index in [4.69, 9.17) is 28.3 Å². The number of hydrogen-bond acceptors (Lipinski definition) is 2. The van der Waals surface area contributed by atoms with E-state index in [9.17, 15) is 0 Å². The lowest BCUT2D eigenvalue weighted by Gasteiger charge is -2.31. The smallest absolute Gasteiger partial charge is 0.0595 e. The second kappa shape index (κ2) is 6.76. The molecule has 0 aromatic heterocycles. The predicted molar refractivity (Wildman–Crippen MR) is 76.2 cm³/mol. The van der Waals surface area contributed by atoms with Crippen LogP contribution in [0.1, 0.15) is 24.8 Å². The minimum atomic E-state index is 0.317. The summed E-state index contributed by atoms with van der Waals surface area (Å²) in [7, 11) is 0. The van der Waals surface area contributed by atoms with Gasteiger partial charge in [-0.15, -0.1) is 0 Å². The lowest BCUT2D eigenvalue weighted by molar-refractivity contribution is 0.153. The Bertz CT molecular complexity index is 389. The van der Waals surface area contributed by atoms with Crippen LogP contribution in [0.25, 0.3) is 0 Å². The van der Waals surface area contributed by atoms with Gasteiger partial charge in [-0.1, -0.05) is 29.3 Å². The Labute approximate surface area is 119 Å². The molecule has 2 rings (SSSR count). The zero-order valence-corrected chi connectivity index (χ0v) is 11.9. The molecule has 1 N–H and O–H groups in total. The minimum absolute atomic E-state index is 0.317. The van der Waals surface area contributed by atoms with Crippen LogP contribution in [0.4, 0.5) is 0 Å². The van der Waals surface area contributed by atoms with Gasteiger partial charge in [0.25, 0.3) is 0 Å². The van der Waals surface area contributed by atoms with Crippen LogP contribution < -0.4 is 0 Å². The van der Waals surface area contributed by atoms with Crippen molar-refractivity contribution in [3.63, 3.8) is 0 Å². The maximum Gasteiger partial charge on any atom is 0.0595 e. The Kier molecular flexibility index (Phi) is 5.31. The fourth-order valence-electron chi connectivity index (χ4n) is 2.51. The van der Waals surface area contributed by atoms with Crippen LogP contribution >= 0.6 is 23.2 Å². The first-order valence-electron chi connectivity index (χ1n) is 6.46. The molecule has 0 aliphatic carbocycles. The van der Waals surface area contributed by atoms with Crippen molar-refractivity contribution in [1.29, 1.82) is 0 Å². The van der Waals surface area contributed by atoms with Crippen molar-refractivity contribution in [2.45, 2.75) is 25.8 Å². The summed E-state index contributed by atoms with van der Waals surface area (Å²) in [6, 6.07) is 5.84. The number of piperidine rings is 1. The summed E-state index contributed by atoms with van der Waals surface area (Å²) in [5.74, 6) is 0.694. The van der Waals surface area contributed by atoms with Crippen LogP contribution in [0, 0.1) is 5.92 Å². The molecule has 1 aliphatic heterocycles. The normalized spacial score (nSPS) is 18.2. The van der Waals surface area contributed by atoms with E-state index < -0.39 is 0 Å². The highest BCUT2D eigenvalue weighted by molar-refractivity contribution is 6.42. The second-order valence-corrected chi connectivity index (χ2v) is 5.79. The summed E-state index contributed by atoms with van der Waals surface area (Å²) >= 11 is 11.9. The highest BCUT2D eigenvalue weighted by Gasteiger charge is 2.18. The van der Waals surface area contributed by atoms with E-state index in [1.54, 1.807) is 0 Å². The minimum Gasteiger partial charge on any atom is -0.396 e. The Balaban J connectivity index is 1.85. The van der Waals surface area contributed by atoms with Crippen LogP contribution in [-0.2, 0) is 6.54 Å². The number of rotatable bonds is 4. The van der Waals surface area contributed by atoms with Gasteiger partial charge >= 0.3 is 0 Å². The average molecular weight is 288 g/mol. The van der Waals surface area contributed by atoms with Crippen molar-refractivity contribution in [3.8, 4) is 0 Å². The fraction of sp³-hybridized carbons (Fsp3) is 0.571. The van der Waals surface area contributed by atoms with Crippen molar-refractivity contribution < 1.29 is 5.11 Å². The molecule has 1 aromatic rings. The molecule has 100 valence electrons. The molecule has 2 nitrogen and oxygen atoms in total. The second-order valence-electron chi connectivity index (χ2n) is 4.98. The van der Waals surface area contributed by atoms with Gasteiger partial charge in [0.15, 0.2) is 0 Å². The third-order valence-corrected chi connectivity index (χ3v) is 4.37. The Hall–Kier alpha value is -0.280. The largest absolute Gasteiger partial charge is 0.396 e. The maximum atomic E-state index is 8.94. The molecular weight excluding hydrogens is 269 g/mol. The number of nitrogens with zero attached hydrogens (tertiary/aromatic N) is 1.